The number of carboxylic acid groups (broad SMARTS) is 1. The number of rotatable bonds is 6. The zero-order valence-corrected chi connectivity index (χ0v) is 18.6. The molecule has 0 atom stereocenters. The second kappa shape index (κ2) is 9.60. The lowest BCUT2D eigenvalue weighted by Crippen LogP contribution is -2.44. The van der Waals surface area contributed by atoms with E-state index < -0.39 is 5.97 Å². The Bertz CT molecular complexity index is 897. The van der Waals surface area contributed by atoms with E-state index >= 15 is 0 Å². The molecule has 0 aliphatic carbocycles. The molecule has 2 aliphatic heterocycles. The van der Waals surface area contributed by atoms with Crippen LogP contribution in [0.25, 0.3) is 0 Å². The number of hydrogen-bond acceptors (Lipinski definition) is 5. The maximum absolute atomic E-state index is 10.8. The normalized spacial score (nSPS) is 17.1. The van der Waals surface area contributed by atoms with Gasteiger partial charge >= 0.3 is 5.97 Å². The maximum Gasteiger partial charge on any atom is 0.304 e. The molecule has 4 rings (SSSR count). The highest BCUT2D eigenvalue weighted by Gasteiger charge is 2.43. The predicted octanol–water partition coefficient (Wildman–Crippen LogP) is 4.59. The number of piperidine rings is 1. The highest BCUT2D eigenvalue weighted by molar-refractivity contribution is 6.32. The minimum atomic E-state index is -0.747. The summed E-state index contributed by atoms with van der Waals surface area (Å²) < 4.78 is 11.9. The van der Waals surface area contributed by atoms with Crippen LogP contribution >= 0.6 is 35.6 Å². The van der Waals surface area contributed by atoms with Crippen molar-refractivity contribution in [3.8, 4) is 11.5 Å². The van der Waals surface area contributed by atoms with Crippen molar-refractivity contribution in [2.45, 2.75) is 31.3 Å². The van der Waals surface area contributed by atoms with Crippen molar-refractivity contribution < 1.29 is 19.4 Å². The quantitative estimate of drug-likeness (QED) is 0.619. The molecule has 1 aromatic heterocycles. The molecule has 30 heavy (non-hydrogen) atoms. The second-order valence-electron chi connectivity index (χ2n) is 7.62. The Morgan fingerprint density at radius 1 is 1.20 bits per heavy atom. The molecule has 2 aliphatic rings. The fraction of sp³-hybridized carbons (Fsp3) is 0.429. The molecule has 0 bridgehead atoms. The monoisotopic (exact) mass is 472 g/mol. The van der Waals surface area contributed by atoms with Crippen molar-refractivity contribution >= 4 is 41.6 Å². The van der Waals surface area contributed by atoms with E-state index in [1.165, 1.54) is 5.56 Å². The Kier molecular flexibility index (Phi) is 7.34. The minimum Gasteiger partial charge on any atom is -0.492 e. The van der Waals surface area contributed by atoms with Gasteiger partial charge in [0.1, 0.15) is 28.4 Å². The Morgan fingerprint density at radius 3 is 2.57 bits per heavy atom. The van der Waals surface area contributed by atoms with Crippen LogP contribution < -0.4 is 9.47 Å². The first-order chi connectivity index (χ1) is 13.9. The van der Waals surface area contributed by atoms with Crippen LogP contribution in [0.1, 0.15) is 30.4 Å². The van der Waals surface area contributed by atoms with Crippen molar-refractivity contribution in [1.82, 2.24) is 9.88 Å². The summed E-state index contributed by atoms with van der Waals surface area (Å²) in [5, 5.41) is 9.55. The van der Waals surface area contributed by atoms with Crippen LogP contribution in [-0.4, -0.2) is 47.2 Å². The fourth-order valence-electron chi connectivity index (χ4n) is 4.08. The van der Waals surface area contributed by atoms with Crippen LogP contribution in [0.15, 0.2) is 30.3 Å². The van der Waals surface area contributed by atoms with E-state index in [2.05, 4.69) is 16.0 Å². The molecule has 6 nitrogen and oxygen atoms in total. The lowest BCUT2D eigenvalue weighted by molar-refractivity contribution is -0.137. The van der Waals surface area contributed by atoms with Crippen LogP contribution in [0, 0.1) is 0 Å². The standard InChI is InChI=1S/C21H22Cl2N2O4.ClH/c22-18-9-14(10-19(23)24-18)12-28-15-1-2-16-17(11-15)29-13-21(16)4-7-25(8-5-21)6-3-20(26)27;/h1-2,9-11H,3-8,12-13H2,(H,26,27);1H. The molecule has 2 aromatic rings. The number of nitrogens with zero attached hydrogens (tertiary/aromatic N) is 2. The van der Waals surface area contributed by atoms with Gasteiger partial charge in [-0.15, -0.1) is 12.4 Å². The van der Waals surface area contributed by atoms with Crippen molar-refractivity contribution in [1.29, 1.82) is 0 Å². The molecule has 162 valence electrons. The summed E-state index contributed by atoms with van der Waals surface area (Å²) in [6.07, 6.45) is 2.12. The van der Waals surface area contributed by atoms with Crippen LogP contribution in [-0.2, 0) is 16.8 Å². The lowest BCUT2D eigenvalue weighted by atomic mass is 9.74. The summed E-state index contributed by atoms with van der Waals surface area (Å²) in [6, 6.07) is 9.45. The Hall–Kier alpha value is -1.73. The molecule has 0 saturated carbocycles. The SMILES string of the molecule is Cl.O=C(O)CCN1CCC2(CC1)COc1cc(OCc3cc(Cl)nc(Cl)c3)ccc12. The van der Waals surface area contributed by atoms with E-state index in [0.29, 0.717) is 30.1 Å². The molecule has 1 saturated heterocycles. The van der Waals surface area contributed by atoms with Crippen molar-refractivity contribution in [3.63, 3.8) is 0 Å². The van der Waals surface area contributed by atoms with Crippen LogP contribution in [0.5, 0.6) is 11.5 Å². The van der Waals surface area contributed by atoms with Gasteiger partial charge in [-0.2, -0.15) is 0 Å². The second-order valence-corrected chi connectivity index (χ2v) is 8.40. The highest BCUT2D eigenvalue weighted by atomic mass is 35.5. The molecular formula is C21H23Cl3N2O4. The molecule has 3 heterocycles. The number of aromatic nitrogens is 1. The summed E-state index contributed by atoms with van der Waals surface area (Å²) in [5.41, 5.74) is 2.08. The Labute approximate surface area is 191 Å². The first-order valence-corrected chi connectivity index (χ1v) is 10.4. The van der Waals surface area contributed by atoms with E-state index in [0.717, 1.165) is 43.0 Å². The van der Waals surface area contributed by atoms with E-state index in [1.54, 1.807) is 12.1 Å². The van der Waals surface area contributed by atoms with Gasteiger partial charge in [0, 0.05) is 23.6 Å². The van der Waals surface area contributed by atoms with Crippen LogP contribution in [0.3, 0.4) is 0 Å². The number of benzene rings is 1. The molecule has 1 fully saturated rings. The van der Waals surface area contributed by atoms with E-state index in [-0.39, 0.29) is 24.2 Å². The summed E-state index contributed by atoms with van der Waals surface area (Å²) in [7, 11) is 0. The van der Waals surface area contributed by atoms with E-state index in [9.17, 15) is 4.79 Å². The third-order valence-corrected chi connectivity index (χ3v) is 6.10. The number of carboxylic acids is 1. The third-order valence-electron chi connectivity index (χ3n) is 5.71. The van der Waals surface area contributed by atoms with Crippen LogP contribution in [0.2, 0.25) is 10.3 Å². The summed E-state index contributed by atoms with van der Waals surface area (Å²) in [5.74, 6) is 0.847. The molecule has 0 amide bonds. The number of likely N-dealkylation sites (tertiary alicyclic amines) is 1. The van der Waals surface area contributed by atoms with E-state index in [4.69, 9.17) is 37.8 Å². The van der Waals surface area contributed by atoms with E-state index in [1.807, 2.05) is 12.1 Å². The molecule has 1 N–H and O–H groups in total. The Balaban J connectivity index is 0.00000256. The smallest absolute Gasteiger partial charge is 0.304 e. The molecule has 0 radical (unpaired) electrons. The number of hydrogen-bond donors (Lipinski definition) is 1. The minimum absolute atomic E-state index is 0. The molecule has 9 heteroatoms. The summed E-state index contributed by atoms with van der Waals surface area (Å²) in [4.78, 5) is 16.9. The lowest BCUT2D eigenvalue weighted by Gasteiger charge is -2.38. The van der Waals surface area contributed by atoms with Gasteiger partial charge in [0.2, 0.25) is 0 Å². The fourth-order valence-corrected chi connectivity index (χ4v) is 4.59. The highest BCUT2D eigenvalue weighted by Crippen LogP contribution is 2.46. The zero-order valence-electron chi connectivity index (χ0n) is 16.3. The van der Waals surface area contributed by atoms with Gasteiger partial charge in [-0.25, -0.2) is 4.98 Å². The molecule has 1 aromatic carbocycles. The molecule has 0 unspecified atom stereocenters. The predicted molar refractivity (Wildman–Crippen MR) is 117 cm³/mol. The van der Waals surface area contributed by atoms with Crippen LogP contribution in [0.4, 0.5) is 0 Å². The zero-order chi connectivity index (χ0) is 20.4. The largest absolute Gasteiger partial charge is 0.492 e. The maximum atomic E-state index is 10.8. The summed E-state index contributed by atoms with van der Waals surface area (Å²) in [6.45, 7) is 3.38. The average molecular weight is 474 g/mol. The average Bonchev–Trinajstić information content (AvgIpc) is 3.03. The van der Waals surface area contributed by atoms with Gasteiger partial charge < -0.3 is 19.5 Å². The van der Waals surface area contributed by atoms with Crippen molar-refractivity contribution in [3.05, 3.63) is 51.8 Å². The third kappa shape index (κ3) is 5.11. The van der Waals surface area contributed by atoms with Gasteiger partial charge in [0.15, 0.2) is 0 Å². The number of ether oxygens (including phenoxy) is 2. The number of pyridine rings is 1. The Morgan fingerprint density at radius 2 is 1.90 bits per heavy atom. The molecular weight excluding hydrogens is 451 g/mol. The number of halogens is 3. The number of carbonyl (C=O) groups is 1. The number of fused-ring (bicyclic) bond motifs is 2. The summed E-state index contributed by atoms with van der Waals surface area (Å²) >= 11 is 11.9. The van der Waals surface area contributed by atoms with Gasteiger partial charge in [-0.3, -0.25) is 4.79 Å². The van der Waals surface area contributed by atoms with Gasteiger partial charge in [0.25, 0.3) is 0 Å². The van der Waals surface area contributed by atoms with Gasteiger partial charge in [0.05, 0.1) is 13.0 Å². The van der Waals surface area contributed by atoms with Gasteiger partial charge in [-0.1, -0.05) is 29.3 Å². The van der Waals surface area contributed by atoms with Crippen molar-refractivity contribution in [2.75, 3.05) is 26.2 Å². The molecule has 1 spiro atoms. The van der Waals surface area contributed by atoms with Crippen molar-refractivity contribution in [2.24, 2.45) is 0 Å². The topological polar surface area (TPSA) is 71.9 Å². The first-order valence-electron chi connectivity index (χ1n) is 9.60. The number of aliphatic carboxylic acids is 1. The first kappa shape index (κ1) is 22.9. The van der Waals surface area contributed by atoms with Gasteiger partial charge in [-0.05, 0) is 49.7 Å².